The quantitative estimate of drug-likeness (QED) is 0.780. The third-order valence-corrected chi connectivity index (χ3v) is 5.77. The molecular weight excluding hydrogens is 362 g/mol. The molecule has 0 spiro atoms. The van der Waals surface area contributed by atoms with Crippen molar-refractivity contribution in [1.29, 1.82) is 0 Å². The van der Waals surface area contributed by atoms with Crippen LogP contribution in [-0.4, -0.2) is 42.4 Å². The third kappa shape index (κ3) is 5.69. The number of hydrogen-bond acceptors (Lipinski definition) is 3. The van der Waals surface area contributed by atoms with Crippen LogP contribution in [0.4, 0.5) is 0 Å². The van der Waals surface area contributed by atoms with Crippen LogP contribution in [0.3, 0.4) is 0 Å². The number of benzene rings is 1. The maximum absolute atomic E-state index is 13.1. The van der Waals surface area contributed by atoms with Crippen molar-refractivity contribution in [2.24, 2.45) is 5.73 Å². The molecule has 1 aliphatic carbocycles. The highest BCUT2D eigenvalue weighted by Gasteiger charge is 2.30. The Hall–Kier alpha value is -1.59. The predicted octanol–water partition coefficient (Wildman–Crippen LogP) is 2.76. The lowest BCUT2D eigenvalue weighted by Gasteiger charge is -2.37. The summed E-state index contributed by atoms with van der Waals surface area (Å²) in [7, 11) is 0. The van der Waals surface area contributed by atoms with Gasteiger partial charge in [0.15, 0.2) is 0 Å². The van der Waals surface area contributed by atoms with E-state index in [2.05, 4.69) is 29.6 Å². The number of piperidine rings is 1. The minimum Gasteiger partial charge on any atom is -0.354 e. The molecule has 1 fully saturated rings. The summed E-state index contributed by atoms with van der Waals surface area (Å²) in [5.74, 6) is 0.554. The van der Waals surface area contributed by atoms with Gasteiger partial charge in [-0.1, -0.05) is 24.3 Å². The van der Waals surface area contributed by atoms with E-state index in [4.69, 9.17) is 5.73 Å². The molecule has 0 aromatic heterocycles. The maximum Gasteiger partial charge on any atom is 0.223 e. The van der Waals surface area contributed by atoms with Gasteiger partial charge in [-0.25, -0.2) is 0 Å². The van der Waals surface area contributed by atoms with Crippen LogP contribution in [0, 0.1) is 0 Å². The highest BCUT2D eigenvalue weighted by atomic mass is 35.5. The Morgan fingerprint density at radius 2 is 1.96 bits per heavy atom. The minimum absolute atomic E-state index is 0. The fourth-order valence-electron chi connectivity index (χ4n) is 4.39. The van der Waals surface area contributed by atoms with Crippen LogP contribution in [0.1, 0.15) is 62.0 Å². The molecule has 1 aromatic rings. The Balaban J connectivity index is 0.00000261. The molecular formula is C21H32ClN3O2. The fourth-order valence-corrected chi connectivity index (χ4v) is 4.39. The lowest BCUT2D eigenvalue weighted by molar-refractivity contribution is -0.136. The highest BCUT2D eigenvalue weighted by Crippen LogP contribution is 2.34. The molecule has 2 amide bonds. The first-order chi connectivity index (χ1) is 12.7. The number of nitrogens with two attached hydrogens (primary N) is 1. The molecule has 3 rings (SSSR count). The second-order valence-corrected chi connectivity index (χ2v) is 7.57. The van der Waals surface area contributed by atoms with Gasteiger partial charge in [0.1, 0.15) is 0 Å². The molecule has 1 aliphatic heterocycles. The summed E-state index contributed by atoms with van der Waals surface area (Å²) < 4.78 is 0. The van der Waals surface area contributed by atoms with Gasteiger partial charge >= 0.3 is 0 Å². The van der Waals surface area contributed by atoms with Gasteiger partial charge in [-0.05, 0) is 55.6 Å². The largest absolute Gasteiger partial charge is 0.354 e. The molecule has 5 nitrogen and oxygen atoms in total. The number of fused-ring (bicyclic) bond motifs is 1. The topological polar surface area (TPSA) is 75.4 Å². The van der Waals surface area contributed by atoms with Gasteiger partial charge in [0.05, 0.1) is 0 Å². The fraction of sp³-hybridized carbons (Fsp3) is 0.619. The number of likely N-dealkylation sites (tertiary alicyclic amines) is 1. The summed E-state index contributed by atoms with van der Waals surface area (Å²) in [5, 5.41) is 2.94. The number of rotatable bonds is 6. The number of carbonyl (C=O) groups excluding carboxylic acids is 2. The summed E-state index contributed by atoms with van der Waals surface area (Å²) in [4.78, 5) is 26.8. The van der Waals surface area contributed by atoms with Crippen LogP contribution in [-0.2, 0) is 16.0 Å². The number of aryl methyl sites for hydroxylation is 1. The van der Waals surface area contributed by atoms with E-state index in [1.807, 2.05) is 4.90 Å². The molecule has 1 heterocycles. The van der Waals surface area contributed by atoms with Crippen LogP contribution in [0.25, 0.3) is 0 Å². The standard InChI is InChI=1S/C21H31N3O2.ClH/c22-12-11-20(25)23-15-18-9-3-4-13-24(18)21(26)14-17-8-5-7-16-6-1-2-10-19(16)17;/h1-2,6,10,17-18H,3-5,7-9,11-15,22H2,(H,23,25);1H. The summed E-state index contributed by atoms with van der Waals surface area (Å²) in [6.45, 7) is 1.72. The molecule has 2 unspecified atom stereocenters. The molecule has 1 saturated heterocycles. The van der Waals surface area contributed by atoms with Crippen molar-refractivity contribution >= 4 is 24.2 Å². The number of nitrogens with one attached hydrogen (secondary N) is 1. The molecule has 0 saturated carbocycles. The summed E-state index contributed by atoms with van der Waals surface area (Å²) in [5.41, 5.74) is 8.19. The molecule has 2 aliphatic rings. The van der Waals surface area contributed by atoms with Crippen molar-refractivity contribution in [3.63, 3.8) is 0 Å². The van der Waals surface area contributed by atoms with Gasteiger partial charge < -0.3 is 16.0 Å². The SMILES string of the molecule is Cl.NCCC(=O)NCC1CCCCN1C(=O)CC1CCCc2ccccc21. The van der Waals surface area contributed by atoms with E-state index in [1.54, 1.807) is 0 Å². The van der Waals surface area contributed by atoms with Crippen LogP contribution in [0.2, 0.25) is 0 Å². The number of amides is 2. The number of hydrogen-bond donors (Lipinski definition) is 2. The summed E-state index contributed by atoms with van der Waals surface area (Å²) in [6, 6.07) is 8.68. The van der Waals surface area contributed by atoms with Crippen molar-refractivity contribution in [3.8, 4) is 0 Å². The second kappa shape index (κ2) is 10.7. The summed E-state index contributed by atoms with van der Waals surface area (Å²) in [6.07, 6.45) is 7.45. The molecule has 6 heteroatoms. The summed E-state index contributed by atoms with van der Waals surface area (Å²) >= 11 is 0. The predicted molar refractivity (Wildman–Crippen MR) is 110 cm³/mol. The first-order valence-electron chi connectivity index (χ1n) is 10.0. The molecule has 3 N–H and O–H groups in total. The Bertz CT molecular complexity index is 638. The molecule has 150 valence electrons. The monoisotopic (exact) mass is 393 g/mol. The minimum atomic E-state index is -0.0216. The van der Waals surface area contributed by atoms with Crippen molar-refractivity contribution in [2.45, 2.75) is 63.3 Å². The van der Waals surface area contributed by atoms with Crippen molar-refractivity contribution in [2.75, 3.05) is 19.6 Å². The molecule has 27 heavy (non-hydrogen) atoms. The highest BCUT2D eigenvalue weighted by molar-refractivity contribution is 5.85. The van der Waals surface area contributed by atoms with E-state index < -0.39 is 0 Å². The van der Waals surface area contributed by atoms with E-state index in [0.717, 1.165) is 45.1 Å². The van der Waals surface area contributed by atoms with Gasteiger partial charge in [-0.3, -0.25) is 9.59 Å². The maximum atomic E-state index is 13.1. The molecule has 2 atom stereocenters. The Morgan fingerprint density at radius 1 is 1.15 bits per heavy atom. The van der Waals surface area contributed by atoms with E-state index in [0.29, 0.717) is 31.8 Å². The van der Waals surface area contributed by atoms with E-state index in [9.17, 15) is 9.59 Å². The lowest BCUT2D eigenvalue weighted by atomic mass is 9.80. The van der Waals surface area contributed by atoms with Gasteiger partial charge in [0.25, 0.3) is 0 Å². The first kappa shape index (κ1) is 21.7. The Morgan fingerprint density at radius 3 is 2.78 bits per heavy atom. The zero-order valence-corrected chi connectivity index (χ0v) is 16.8. The number of halogens is 1. The molecule has 0 radical (unpaired) electrons. The average molecular weight is 394 g/mol. The zero-order valence-electron chi connectivity index (χ0n) is 16.0. The van der Waals surface area contributed by atoms with Gasteiger partial charge in [0.2, 0.25) is 11.8 Å². The van der Waals surface area contributed by atoms with E-state index >= 15 is 0 Å². The van der Waals surface area contributed by atoms with Gasteiger partial charge in [-0.15, -0.1) is 12.4 Å². The third-order valence-electron chi connectivity index (χ3n) is 5.77. The normalized spacial score (nSPS) is 21.7. The van der Waals surface area contributed by atoms with Crippen LogP contribution in [0.5, 0.6) is 0 Å². The lowest BCUT2D eigenvalue weighted by Crippen LogP contribution is -2.49. The zero-order chi connectivity index (χ0) is 18.4. The van der Waals surface area contributed by atoms with E-state index in [1.165, 1.54) is 11.1 Å². The van der Waals surface area contributed by atoms with Crippen molar-refractivity contribution in [1.82, 2.24) is 10.2 Å². The van der Waals surface area contributed by atoms with Crippen LogP contribution < -0.4 is 11.1 Å². The van der Waals surface area contributed by atoms with Crippen LogP contribution in [0.15, 0.2) is 24.3 Å². The van der Waals surface area contributed by atoms with Crippen molar-refractivity contribution < 1.29 is 9.59 Å². The smallest absolute Gasteiger partial charge is 0.223 e. The average Bonchev–Trinajstić information content (AvgIpc) is 2.67. The van der Waals surface area contributed by atoms with E-state index in [-0.39, 0.29) is 30.3 Å². The van der Waals surface area contributed by atoms with Crippen molar-refractivity contribution in [3.05, 3.63) is 35.4 Å². The van der Waals surface area contributed by atoms with Crippen LogP contribution >= 0.6 is 12.4 Å². The Labute approximate surface area is 168 Å². The van der Waals surface area contributed by atoms with Gasteiger partial charge in [0, 0.05) is 38.5 Å². The molecule has 0 bridgehead atoms. The number of carbonyl (C=O) groups is 2. The van der Waals surface area contributed by atoms with Gasteiger partial charge in [-0.2, -0.15) is 0 Å². The molecule has 1 aromatic carbocycles. The Kier molecular flexibility index (Phi) is 8.58. The first-order valence-corrected chi connectivity index (χ1v) is 10.0. The number of nitrogens with zero attached hydrogens (tertiary/aromatic N) is 1. The second-order valence-electron chi connectivity index (χ2n) is 7.57.